The molecule has 5 nitrogen and oxygen atoms in total. The largest absolute Gasteiger partial charge is 0.415 e. The van der Waals surface area contributed by atoms with Crippen LogP contribution in [0.1, 0.15) is 51.3 Å². The molecule has 1 aromatic carbocycles. The van der Waals surface area contributed by atoms with E-state index in [2.05, 4.69) is 15.5 Å². The molecule has 29 heavy (non-hydrogen) atoms. The molecule has 0 spiro atoms. The third kappa shape index (κ3) is 3.56. The lowest BCUT2D eigenvalue weighted by Crippen LogP contribution is -2.48. The number of carbonyl (C=O) groups excluding carboxylic acids is 1. The van der Waals surface area contributed by atoms with Crippen molar-refractivity contribution >= 4 is 23.4 Å². The van der Waals surface area contributed by atoms with E-state index in [0.29, 0.717) is 11.1 Å². The molecule has 8 heteroatoms. The van der Waals surface area contributed by atoms with Gasteiger partial charge < -0.3 is 9.73 Å². The number of amides is 1. The summed E-state index contributed by atoms with van der Waals surface area (Å²) < 4.78 is 33.1. The van der Waals surface area contributed by atoms with Crippen LogP contribution >= 0.6 is 11.8 Å². The standard InChI is InChI=1S/C21H23F2N3O2S/c1-11(18(27)24-17-7-15(22)2-3-16(17)23)29-20-26-25-19(28-20)21-8-12-4-13(9-21)6-14(5-12)10-21/h2-3,7,11-14H,4-6,8-10H2,1H3,(H,24,27)/t11-,12?,13?,14?,21?/m0/s1. The quantitative estimate of drug-likeness (QED) is 0.696. The molecule has 1 atom stereocenters. The normalized spacial score (nSPS) is 31.1. The predicted octanol–water partition coefficient (Wildman–Crippen LogP) is 4.93. The average molecular weight is 419 g/mol. The summed E-state index contributed by atoms with van der Waals surface area (Å²) in [6.07, 6.45) is 7.38. The number of nitrogens with one attached hydrogen (secondary N) is 1. The van der Waals surface area contributed by atoms with Crippen molar-refractivity contribution in [2.45, 2.75) is 61.3 Å². The van der Waals surface area contributed by atoms with E-state index < -0.39 is 22.8 Å². The Bertz CT molecular complexity index is 912. The van der Waals surface area contributed by atoms with E-state index in [0.717, 1.165) is 67.0 Å². The molecule has 0 unspecified atom stereocenters. The van der Waals surface area contributed by atoms with E-state index in [1.807, 2.05) is 0 Å². The fourth-order valence-corrected chi connectivity index (χ4v) is 6.56. The molecule has 4 aliphatic carbocycles. The monoisotopic (exact) mass is 419 g/mol. The van der Waals surface area contributed by atoms with Gasteiger partial charge in [0.1, 0.15) is 11.6 Å². The number of carbonyl (C=O) groups is 1. The summed E-state index contributed by atoms with van der Waals surface area (Å²) in [6.45, 7) is 1.67. The average Bonchev–Trinajstić information content (AvgIpc) is 3.13. The van der Waals surface area contributed by atoms with Crippen LogP contribution in [0.3, 0.4) is 0 Å². The van der Waals surface area contributed by atoms with Crippen LogP contribution in [0.25, 0.3) is 0 Å². The zero-order chi connectivity index (χ0) is 20.2. The molecule has 0 saturated heterocycles. The maximum atomic E-state index is 13.8. The van der Waals surface area contributed by atoms with Crippen molar-refractivity contribution in [1.82, 2.24) is 10.2 Å². The number of thioether (sulfide) groups is 1. The summed E-state index contributed by atoms with van der Waals surface area (Å²) in [6, 6.07) is 2.95. The first-order chi connectivity index (χ1) is 13.9. The summed E-state index contributed by atoms with van der Waals surface area (Å²) in [7, 11) is 0. The van der Waals surface area contributed by atoms with E-state index >= 15 is 0 Å². The van der Waals surface area contributed by atoms with Crippen molar-refractivity contribution in [2.24, 2.45) is 17.8 Å². The number of benzene rings is 1. The summed E-state index contributed by atoms with van der Waals surface area (Å²) in [4.78, 5) is 12.4. The minimum Gasteiger partial charge on any atom is -0.415 e. The van der Waals surface area contributed by atoms with Gasteiger partial charge in [0.05, 0.1) is 10.9 Å². The van der Waals surface area contributed by atoms with Gasteiger partial charge in [-0.05, 0) is 75.3 Å². The van der Waals surface area contributed by atoms with E-state index in [1.54, 1.807) is 6.92 Å². The number of anilines is 1. The van der Waals surface area contributed by atoms with Crippen molar-refractivity contribution in [3.8, 4) is 0 Å². The molecule has 4 aliphatic rings. The van der Waals surface area contributed by atoms with E-state index in [9.17, 15) is 13.6 Å². The van der Waals surface area contributed by atoms with Crippen LogP contribution < -0.4 is 5.32 Å². The van der Waals surface area contributed by atoms with Gasteiger partial charge in [-0.3, -0.25) is 4.79 Å². The molecule has 1 aromatic heterocycles. The molecule has 2 aromatic rings. The third-order valence-corrected chi connectivity index (χ3v) is 7.67. The van der Waals surface area contributed by atoms with Gasteiger partial charge in [-0.1, -0.05) is 11.8 Å². The van der Waals surface area contributed by atoms with Gasteiger partial charge in [0.25, 0.3) is 5.22 Å². The van der Waals surface area contributed by atoms with Gasteiger partial charge in [0.15, 0.2) is 0 Å². The minimum absolute atomic E-state index is 0.0107. The van der Waals surface area contributed by atoms with Gasteiger partial charge in [0, 0.05) is 11.5 Å². The fourth-order valence-electron chi connectivity index (χ4n) is 5.88. The first-order valence-electron chi connectivity index (χ1n) is 10.2. The molecule has 4 bridgehead atoms. The Morgan fingerprint density at radius 2 is 1.83 bits per heavy atom. The smallest absolute Gasteiger partial charge is 0.277 e. The van der Waals surface area contributed by atoms with Crippen LogP contribution in [0, 0.1) is 29.4 Å². The maximum Gasteiger partial charge on any atom is 0.277 e. The molecule has 4 saturated carbocycles. The Balaban J connectivity index is 1.26. The number of halogens is 2. The molecule has 0 radical (unpaired) electrons. The van der Waals surface area contributed by atoms with Gasteiger partial charge >= 0.3 is 0 Å². The van der Waals surface area contributed by atoms with Crippen molar-refractivity contribution in [2.75, 3.05) is 5.32 Å². The number of rotatable bonds is 5. The molecule has 1 N–H and O–H groups in total. The Morgan fingerprint density at radius 3 is 2.48 bits per heavy atom. The Morgan fingerprint density at radius 1 is 1.17 bits per heavy atom. The topological polar surface area (TPSA) is 68.0 Å². The molecule has 4 fully saturated rings. The van der Waals surface area contributed by atoms with Crippen LogP contribution in [0.2, 0.25) is 0 Å². The Labute approximate surface area is 172 Å². The highest BCUT2D eigenvalue weighted by molar-refractivity contribution is 8.00. The van der Waals surface area contributed by atoms with Crippen molar-refractivity contribution < 1.29 is 18.0 Å². The highest BCUT2D eigenvalue weighted by atomic mass is 32.2. The van der Waals surface area contributed by atoms with Crippen molar-refractivity contribution in [3.63, 3.8) is 0 Å². The molecule has 0 aliphatic heterocycles. The van der Waals surface area contributed by atoms with Gasteiger partial charge in [-0.15, -0.1) is 10.2 Å². The van der Waals surface area contributed by atoms with Crippen LogP contribution in [-0.4, -0.2) is 21.4 Å². The van der Waals surface area contributed by atoms with Crippen LogP contribution in [0.15, 0.2) is 27.8 Å². The van der Waals surface area contributed by atoms with Crippen LogP contribution in [0.4, 0.5) is 14.5 Å². The molecule has 154 valence electrons. The van der Waals surface area contributed by atoms with Gasteiger partial charge in [0.2, 0.25) is 11.8 Å². The lowest BCUT2D eigenvalue weighted by Gasteiger charge is -2.55. The second kappa shape index (κ2) is 7.07. The molecule has 1 heterocycles. The number of hydrogen-bond donors (Lipinski definition) is 1. The van der Waals surface area contributed by atoms with Gasteiger partial charge in [-0.25, -0.2) is 8.78 Å². The number of aromatic nitrogens is 2. The van der Waals surface area contributed by atoms with Crippen molar-refractivity contribution in [3.05, 3.63) is 35.7 Å². The first kappa shape index (κ1) is 19.0. The predicted molar refractivity (Wildman–Crippen MR) is 104 cm³/mol. The second-order valence-corrected chi connectivity index (χ2v) is 10.2. The zero-order valence-corrected chi connectivity index (χ0v) is 17.0. The molecular weight excluding hydrogens is 396 g/mol. The third-order valence-electron chi connectivity index (χ3n) is 6.73. The highest BCUT2D eigenvalue weighted by Crippen LogP contribution is 2.60. The maximum absolute atomic E-state index is 13.8. The molecule has 1 amide bonds. The highest BCUT2D eigenvalue weighted by Gasteiger charge is 2.54. The number of nitrogens with zero attached hydrogens (tertiary/aromatic N) is 2. The zero-order valence-electron chi connectivity index (χ0n) is 16.2. The first-order valence-corrected chi connectivity index (χ1v) is 11.0. The lowest BCUT2D eigenvalue weighted by atomic mass is 9.49. The Kier molecular flexibility index (Phi) is 4.64. The van der Waals surface area contributed by atoms with Crippen molar-refractivity contribution in [1.29, 1.82) is 0 Å². The summed E-state index contributed by atoms with van der Waals surface area (Å²) in [5.41, 5.74) is -0.168. The second-order valence-electron chi connectivity index (χ2n) is 8.94. The van der Waals surface area contributed by atoms with Crippen LogP contribution in [0.5, 0.6) is 0 Å². The fraction of sp³-hybridized carbons (Fsp3) is 0.571. The summed E-state index contributed by atoms with van der Waals surface area (Å²) in [5.74, 6) is 1.29. The van der Waals surface area contributed by atoms with E-state index in [-0.39, 0.29) is 11.1 Å². The SMILES string of the molecule is C[C@H](Sc1nnc(C23CC4CC(CC(C4)C2)C3)o1)C(=O)Nc1cc(F)ccc1F. The lowest BCUT2D eigenvalue weighted by molar-refractivity contribution is -0.115. The van der Waals surface area contributed by atoms with E-state index in [1.165, 1.54) is 19.3 Å². The molecular formula is C21H23F2N3O2S. The van der Waals surface area contributed by atoms with Crippen LogP contribution in [-0.2, 0) is 10.2 Å². The molecule has 6 rings (SSSR count). The summed E-state index contributed by atoms with van der Waals surface area (Å²) >= 11 is 1.14. The van der Waals surface area contributed by atoms with E-state index in [4.69, 9.17) is 4.42 Å². The summed E-state index contributed by atoms with van der Waals surface area (Å²) in [5, 5.41) is 10.7. The Hall–Kier alpha value is -1.96. The number of hydrogen-bond acceptors (Lipinski definition) is 5. The van der Waals surface area contributed by atoms with Gasteiger partial charge in [-0.2, -0.15) is 0 Å². The minimum atomic E-state index is -0.682.